The largest absolute Gasteiger partial charge is 0.475 e. The van der Waals surface area contributed by atoms with Gasteiger partial charge in [-0.25, -0.2) is 4.99 Å². The number of aliphatic imine (C=N–C) groups is 1. The number of ether oxygens (including phenoxy) is 1. The van der Waals surface area contributed by atoms with Crippen LogP contribution in [-0.2, 0) is 4.74 Å². The van der Waals surface area contributed by atoms with E-state index >= 15 is 0 Å². The molecule has 0 unspecified atom stereocenters. The van der Waals surface area contributed by atoms with Gasteiger partial charge in [0, 0.05) is 12.0 Å². The molecule has 0 saturated heterocycles. The van der Waals surface area contributed by atoms with Gasteiger partial charge in [-0.1, -0.05) is 30.4 Å². The smallest absolute Gasteiger partial charge is 0.216 e. The Labute approximate surface area is 112 Å². The van der Waals surface area contributed by atoms with E-state index in [2.05, 4.69) is 11.1 Å². The van der Waals surface area contributed by atoms with Crippen molar-refractivity contribution in [2.45, 2.75) is 25.0 Å². The van der Waals surface area contributed by atoms with E-state index in [9.17, 15) is 5.11 Å². The van der Waals surface area contributed by atoms with Crippen molar-refractivity contribution in [1.29, 1.82) is 5.26 Å². The minimum absolute atomic E-state index is 0.270. The molecule has 1 N–H and O–H groups in total. The molecule has 1 aliphatic heterocycles. The zero-order valence-electron chi connectivity index (χ0n) is 10.6. The molecule has 0 radical (unpaired) electrons. The molecule has 4 nitrogen and oxygen atoms in total. The molecule has 1 aliphatic rings. The Hall–Kier alpha value is -2.12. The highest BCUT2D eigenvalue weighted by atomic mass is 16.5. The number of unbranched alkanes of at least 4 members (excludes halogenated alkanes) is 1. The van der Waals surface area contributed by atoms with Crippen LogP contribution in [0.2, 0.25) is 0 Å². The Bertz CT molecular complexity index is 503. The quantitative estimate of drug-likeness (QED) is 0.647. The SMILES string of the molecule is N#CCC/C=C/[C@@H](O)[C@@H]1COC(c2ccccc2)=N1. The Balaban J connectivity index is 1.95. The molecule has 98 valence electrons. The lowest BCUT2D eigenvalue weighted by Crippen LogP contribution is -2.23. The molecule has 1 heterocycles. The second kappa shape index (κ2) is 6.72. The number of benzene rings is 1. The molecular weight excluding hydrogens is 240 g/mol. The Morgan fingerprint density at radius 2 is 2.26 bits per heavy atom. The van der Waals surface area contributed by atoms with Crippen LogP contribution in [0, 0.1) is 11.3 Å². The minimum atomic E-state index is -0.667. The Morgan fingerprint density at radius 1 is 1.47 bits per heavy atom. The summed E-state index contributed by atoms with van der Waals surface area (Å²) in [5, 5.41) is 18.4. The van der Waals surface area contributed by atoms with Crippen LogP contribution in [0.4, 0.5) is 0 Å². The van der Waals surface area contributed by atoms with Crippen molar-refractivity contribution in [3.63, 3.8) is 0 Å². The van der Waals surface area contributed by atoms with Crippen molar-refractivity contribution in [2.75, 3.05) is 6.61 Å². The van der Waals surface area contributed by atoms with Crippen LogP contribution in [0.25, 0.3) is 0 Å². The van der Waals surface area contributed by atoms with Crippen molar-refractivity contribution >= 4 is 5.90 Å². The normalized spacial score (nSPS) is 19.8. The van der Waals surface area contributed by atoms with Crippen molar-refractivity contribution in [3.05, 3.63) is 48.0 Å². The van der Waals surface area contributed by atoms with E-state index in [4.69, 9.17) is 10.00 Å². The summed E-state index contributed by atoms with van der Waals surface area (Å²) in [6.07, 6.45) is 3.94. The fourth-order valence-corrected chi connectivity index (χ4v) is 1.81. The molecule has 4 heteroatoms. The maximum absolute atomic E-state index is 9.96. The van der Waals surface area contributed by atoms with Gasteiger partial charge in [-0.15, -0.1) is 0 Å². The number of rotatable bonds is 5. The van der Waals surface area contributed by atoms with Crippen molar-refractivity contribution in [3.8, 4) is 6.07 Å². The Kier molecular flexibility index (Phi) is 4.71. The summed E-state index contributed by atoms with van der Waals surface area (Å²) in [4.78, 5) is 4.39. The van der Waals surface area contributed by atoms with E-state index in [1.54, 1.807) is 6.08 Å². The molecule has 2 atom stereocenters. The summed E-state index contributed by atoms with van der Waals surface area (Å²) in [5.41, 5.74) is 0.922. The van der Waals surface area contributed by atoms with Gasteiger partial charge in [0.05, 0.1) is 12.2 Å². The van der Waals surface area contributed by atoms with Crippen LogP contribution in [-0.4, -0.2) is 29.8 Å². The number of hydrogen-bond acceptors (Lipinski definition) is 4. The van der Waals surface area contributed by atoms with Crippen molar-refractivity contribution in [1.82, 2.24) is 0 Å². The van der Waals surface area contributed by atoms with E-state index in [1.165, 1.54) is 0 Å². The first-order valence-corrected chi connectivity index (χ1v) is 6.29. The zero-order chi connectivity index (χ0) is 13.5. The molecule has 0 amide bonds. The van der Waals surface area contributed by atoms with Crippen LogP contribution >= 0.6 is 0 Å². The third-order valence-corrected chi connectivity index (χ3v) is 2.84. The lowest BCUT2D eigenvalue weighted by Gasteiger charge is -2.08. The van der Waals surface area contributed by atoms with E-state index in [1.807, 2.05) is 36.4 Å². The predicted octanol–water partition coefficient (Wildman–Crippen LogP) is 2.05. The number of aliphatic hydroxyl groups is 1. The summed E-state index contributed by atoms with van der Waals surface area (Å²) in [5.74, 6) is 0.579. The summed E-state index contributed by atoms with van der Waals surface area (Å²) in [7, 11) is 0. The highest BCUT2D eigenvalue weighted by Gasteiger charge is 2.24. The molecule has 0 spiro atoms. The molecule has 1 aromatic carbocycles. The lowest BCUT2D eigenvalue weighted by molar-refractivity contribution is 0.168. The molecule has 0 fully saturated rings. The predicted molar refractivity (Wildman–Crippen MR) is 72.7 cm³/mol. The fourth-order valence-electron chi connectivity index (χ4n) is 1.81. The summed E-state index contributed by atoms with van der Waals surface area (Å²) in [6.45, 7) is 0.383. The van der Waals surface area contributed by atoms with E-state index in [0.717, 1.165) is 5.56 Å². The maximum Gasteiger partial charge on any atom is 0.216 e. The highest BCUT2D eigenvalue weighted by molar-refractivity contribution is 5.95. The van der Waals surface area contributed by atoms with Crippen LogP contribution in [0.5, 0.6) is 0 Å². The van der Waals surface area contributed by atoms with Gasteiger partial charge in [-0.3, -0.25) is 0 Å². The van der Waals surface area contributed by atoms with Crippen molar-refractivity contribution in [2.24, 2.45) is 4.99 Å². The van der Waals surface area contributed by atoms with Crippen LogP contribution in [0.15, 0.2) is 47.5 Å². The number of hydrogen-bond donors (Lipinski definition) is 1. The maximum atomic E-state index is 9.96. The topological polar surface area (TPSA) is 65.6 Å². The second-order valence-corrected chi connectivity index (χ2v) is 4.29. The standard InChI is InChI=1S/C15H16N2O2/c16-10-6-2-5-9-14(18)13-11-19-15(17-13)12-7-3-1-4-8-12/h1,3-5,7-9,13-14,18H,2,6,11H2/b9-5+/t13-,14+/m0/s1. The monoisotopic (exact) mass is 256 g/mol. The van der Waals surface area contributed by atoms with Crippen LogP contribution in [0.1, 0.15) is 18.4 Å². The Morgan fingerprint density at radius 3 is 3.00 bits per heavy atom. The third-order valence-electron chi connectivity index (χ3n) is 2.84. The first-order valence-electron chi connectivity index (χ1n) is 6.29. The molecule has 0 bridgehead atoms. The molecule has 0 saturated carbocycles. The lowest BCUT2D eigenvalue weighted by atomic mass is 10.1. The molecule has 0 aliphatic carbocycles. The van der Waals surface area contributed by atoms with Gasteiger partial charge in [0.25, 0.3) is 0 Å². The third kappa shape index (κ3) is 3.67. The molecular formula is C15H16N2O2. The molecule has 0 aromatic heterocycles. The first-order chi connectivity index (χ1) is 9.31. The van der Waals surface area contributed by atoms with Crippen LogP contribution < -0.4 is 0 Å². The number of nitrogens with zero attached hydrogens (tertiary/aromatic N) is 2. The molecule has 2 rings (SSSR count). The second-order valence-electron chi connectivity index (χ2n) is 4.29. The van der Waals surface area contributed by atoms with Gasteiger partial charge >= 0.3 is 0 Å². The summed E-state index contributed by atoms with van der Waals surface area (Å²) in [6, 6.07) is 11.4. The highest BCUT2D eigenvalue weighted by Crippen LogP contribution is 2.15. The van der Waals surface area contributed by atoms with Crippen LogP contribution in [0.3, 0.4) is 0 Å². The van der Waals surface area contributed by atoms with Gasteiger partial charge in [0.1, 0.15) is 12.6 Å². The number of allylic oxidation sites excluding steroid dienone is 1. The van der Waals surface area contributed by atoms with Gasteiger partial charge < -0.3 is 9.84 Å². The number of aliphatic hydroxyl groups excluding tert-OH is 1. The molecule has 19 heavy (non-hydrogen) atoms. The minimum Gasteiger partial charge on any atom is -0.475 e. The zero-order valence-corrected chi connectivity index (χ0v) is 10.6. The van der Waals surface area contributed by atoms with Gasteiger partial charge in [0.15, 0.2) is 0 Å². The average Bonchev–Trinajstić information content (AvgIpc) is 2.94. The molecule has 1 aromatic rings. The van der Waals surface area contributed by atoms with E-state index < -0.39 is 6.10 Å². The fraction of sp³-hybridized carbons (Fsp3) is 0.333. The summed E-state index contributed by atoms with van der Waals surface area (Å²) < 4.78 is 5.50. The van der Waals surface area contributed by atoms with Gasteiger partial charge in [0.2, 0.25) is 5.90 Å². The van der Waals surface area contributed by atoms with Crippen molar-refractivity contribution < 1.29 is 9.84 Å². The van der Waals surface area contributed by atoms with Gasteiger partial charge in [-0.2, -0.15) is 5.26 Å². The van der Waals surface area contributed by atoms with E-state index in [0.29, 0.717) is 25.3 Å². The average molecular weight is 256 g/mol. The number of nitriles is 1. The first kappa shape index (κ1) is 13.3. The summed E-state index contributed by atoms with van der Waals surface area (Å²) >= 11 is 0. The van der Waals surface area contributed by atoms with Gasteiger partial charge in [-0.05, 0) is 18.6 Å². The van der Waals surface area contributed by atoms with E-state index in [-0.39, 0.29) is 6.04 Å².